The predicted octanol–water partition coefficient (Wildman–Crippen LogP) is 0.672. The van der Waals surface area contributed by atoms with Gasteiger partial charge in [-0.2, -0.15) is 0 Å². The van der Waals surface area contributed by atoms with Gasteiger partial charge in [-0.05, 0) is 31.1 Å². The Balaban J connectivity index is 2.01. The van der Waals surface area contributed by atoms with E-state index in [1.165, 1.54) is 0 Å². The molecule has 106 valence electrons. The molecule has 1 aliphatic heterocycles. The fourth-order valence-electron chi connectivity index (χ4n) is 2.87. The predicted molar refractivity (Wildman–Crippen MR) is 70.5 cm³/mol. The van der Waals surface area contributed by atoms with Gasteiger partial charge in [-0.1, -0.05) is 13.8 Å². The van der Waals surface area contributed by atoms with Crippen molar-refractivity contribution in [1.29, 1.82) is 0 Å². The summed E-state index contributed by atoms with van der Waals surface area (Å²) in [7, 11) is -6.65. The van der Waals surface area contributed by atoms with Gasteiger partial charge in [0.25, 0.3) is 0 Å². The Morgan fingerprint density at radius 2 is 1.89 bits per heavy atom. The summed E-state index contributed by atoms with van der Waals surface area (Å²) in [6, 6.07) is -0.0340. The fraction of sp³-hybridized carbons (Fsp3) is 1.00. The van der Waals surface area contributed by atoms with E-state index < -0.39 is 25.1 Å². The van der Waals surface area contributed by atoms with E-state index in [0.717, 1.165) is 19.3 Å². The van der Waals surface area contributed by atoms with Crippen LogP contribution in [0.15, 0.2) is 0 Å². The van der Waals surface area contributed by atoms with E-state index in [-0.39, 0.29) is 29.4 Å². The smallest absolute Gasteiger partial charge is 0.215 e. The molecule has 0 radical (unpaired) electrons. The molecule has 18 heavy (non-hydrogen) atoms. The molecule has 2 rings (SSSR count). The van der Waals surface area contributed by atoms with Crippen LogP contribution < -0.4 is 4.72 Å². The highest BCUT2D eigenvalue weighted by atomic mass is 32.2. The molecule has 5 nitrogen and oxygen atoms in total. The maximum Gasteiger partial charge on any atom is 0.215 e. The summed E-state index contributed by atoms with van der Waals surface area (Å²) in [5, 5.41) is -0.758. The number of rotatable bonds is 3. The molecule has 1 aliphatic carbocycles. The molecule has 0 aromatic carbocycles. The first-order chi connectivity index (χ1) is 8.10. The van der Waals surface area contributed by atoms with Gasteiger partial charge in [0.15, 0.2) is 9.84 Å². The van der Waals surface area contributed by atoms with Gasteiger partial charge in [-0.15, -0.1) is 0 Å². The van der Waals surface area contributed by atoms with Crippen LogP contribution in [0.1, 0.15) is 39.5 Å². The maximum absolute atomic E-state index is 12.1. The first kappa shape index (κ1) is 14.3. The molecule has 2 fully saturated rings. The molecule has 1 N–H and O–H groups in total. The van der Waals surface area contributed by atoms with Gasteiger partial charge in [-0.25, -0.2) is 21.6 Å². The van der Waals surface area contributed by atoms with E-state index in [9.17, 15) is 16.8 Å². The molecular formula is C11H21NO4S2. The molecule has 7 heteroatoms. The molecule has 1 saturated heterocycles. The molecule has 0 bridgehead atoms. The van der Waals surface area contributed by atoms with E-state index in [2.05, 4.69) is 18.6 Å². The van der Waals surface area contributed by atoms with Crippen molar-refractivity contribution in [3.63, 3.8) is 0 Å². The number of sulfonamides is 1. The second-order valence-corrected chi connectivity index (χ2v) is 10.5. The van der Waals surface area contributed by atoms with Crippen LogP contribution in [-0.2, 0) is 19.9 Å². The van der Waals surface area contributed by atoms with Crippen LogP contribution in [0.25, 0.3) is 0 Å². The molecular weight excluding hydrogens is 274 g/mol. The van der Waals surface area contributed by atoms with Crippen LogP contribution in [0.2, 0.25) is 0 Å². The van der Waals surface area contributed by atoms with Crippen molar-refractivity contribution in [3.05, 3.63) is 0 Å². The largest absolute Gasteiger partial charge is 0.229 e. The van der Waals surface area contributed by atoms with E-state index in [4.69, 9.17) is 0 Å². The molecule has 1 saturated carbocycles. The van der Waals surface area contributed by atoms with Gasteiger partial charge in [0.05, 0.1) is 16.8 Å². The third-order valence-electron chi connectivity index (χ3n) is 3.93. The Hall–Kier alpha value is -0.140. The monoisotopic (exact) mass is 295 g/mol. The zero-order valence-electron chi connectivity index (χ0n) is 10.8. The Morgan fingerprint density at radius 1 is 1.22 bits per heavy atom. The average molecular weight is 295 g/mol. The van der Waals surface area contributed by atoms with Gasteiger partial charge in [0.2, 0.25) is 10.0 Å². The Kier molecular flexibility index (Phi) is 3.53. The zero-order chi connectivity index (χ0) is 13.6. The highest BCUT2D eigenvalue weighted by molar-refractivity contribution is 7.95. The lowest BCUT2D eigenvalue weighted by Crippen LogP contribution is -2.40. The molecule has 0 aromatic rings. The average Bonchev–Trinajstić information content (AvgIpc) is 2.69. The van der Waals surface area contributed by atoms with Crippen LogP contribution in [0.4, 0.5) is 0 Å². The van der Waals surface area contributed by atoms with Crippen molar-refractivity contribution in [2.24, 2.45) is 5.41 Å². The molecule has 2 atom stereocenters. The summed E-state index contributed by atoms with van der Waals surface area (Å²) >= 11 is 0. The number of sulfone groups is 1. The number of hydrogen-bond acceptors (Lipinski definition) is 4. The van der Waals surface area contributed by atoms with Crippen LogP contribution >= 0.6 is 0 Å². The highest BCUT2D eigenvalue weighted by Gasteiger charge is 2.40. The maximum atomic E-state index is 12.1. The minimum atomic E-state index is -3.49. The first-order valence-corrected chi connectivity index (χ1v) is 9.68. The summed E-state index contributed by atoms with van der Waals surface area (Å²) in [6.45, 7) is 4.25. The van der Waals surface area contributed by atoms with Crippen molar-refractivity contribution in [3.8, 4) is 0 Å². The number of hydrogen-bond donors (Lipinski definition) is 1. The lowest BCUT2D eigenvalue weighted by molar-refractivity contribution is 0.372. The molecule has 0 amide bonds. The van der Waals surface area contributed by atoms with E-state index >= 15 is 0 Å². The summed E-state index contributed by atoms with van der Waals surface area (Å²) in [6.07, 6.45) is 2.90. The molecule has 1 heterocycles. The third-order valence-corrected chi connectivity index (χ3v) is 7.85. The zero-order valence-corrected chi connectivity index (χ0v) is 12.5. The lowest BCUT2D eigenvalue weighted by atomic mass is 9.92. The van der Waals surface area contributed by atoms with Gasteiger partial charge in [0, 0.05) is 6.04 Å². The number of nitrogens with one attached hydrogen (secondary N) is 1. The standard InChI is InChI=1S/C11H21NO4S2/c1-11(2)5-3-9(7-11)12-18(15,16)10-4-6-17(13,14)8-10/h9-10,12H,3-8H2,1-2H3. The summed E-state index contributed by atoms with van der Waals surface area (Å²) < 4.78 is 49.6. The van der Waals surface area contributed by atoms with Gasteiger partial charge < -0.3 is 0 Å². The minimum Gasteiger partial charge on any atom is -0.229 e. The van der Waals surface area contributed by atoms with E-state index in [1.807, 2.05) is 0 Å². The van der Waals surface area contributed by atoms with E-state index in [0.29, 0.717) is 0 Å². The third kappa shape index (κ3) is 3.24. The van der Waals surface area contributed by atoms with Gasteiger partial charge in [0.1, 0.15) is 0 Å². The van der Waals surface area contributed by atoms with Crippen molar-refractivity contribution >= 4 is 19.9 Å². The molecule has 0 aromatic heterocycles. The Morgan fingerprint density at radius 3 is 2.33 bits per heavy atom. The highest BCUT2D eigenvalue weighted by Crippen LogP contribution is 2.37. The van der Waals surface area contributed by atoms with Gasteiger partial charge in [-0.3, -0.25) is 0 Å². The first-order valence-electron chi connectivity index (χ1n) is 6.31. The van der Waals surface area contributed by atoms with Crippen molar-refractivity contribution < 1.29 is 16.8 Å². The van der Waals surface area contributed by atoms with Crippen LogP contribution in [0.5, 0.6) is 0 Å². The Labute approximate surface area is 109 Å². The lowest BCUT2D eigenvalue weighted by Gasteiger charge is -2.19. The van der Waals surface area contributed by atoms with Gasteiger partial charge >= 0.3 is 0 Å². The SMILES string of the molecule is CC1(C)CCC(NS(=O)(=O)C2CCS(=O)(=O)C2)C1. The van der Waals surface area contributed by atoms with Crippen molar-refractivity contribution in [2.75, 3.05) is 11.5 Å². The van der Waals surface area contributed by atoms with Crippen LogP contribution in [0.3, 0.4) is 0 Å². The summed E-state index contributed by atoms with van der Waals surface area (Å²) in [5.41, 5.74) is 0.176. The van der Waals surface area contributed by atoms with Crippen molar-refractivity contribution in [2.45, 2.75) is 50.8 Å². The molecule has 2 unspecified atom stereocenters. The normalized spacial score (nSPS) is 34.8. The second-order valence-electron chi connectivity index (χ2n) is 6.29. The topological polar surface area (TPSA) is 80.3 Å². The quantitative estimate of drug-likeness (QED) is 0.830. The minimum absolute atomic E-state index is 0.00522. The fourth-order valence-corrected chi connectivity index (χ4v) is 7.19. The van der Waals surface area contributed by atoms with E-state index in [1.54, 1.807) is 0 Å². The second kappa shape index (κ2) is 4.45. The summed E-state index contributed by atoms with van der Waals surface area (Å²) in [4.78, 5) is 0. The molecule has 0 spiro atoms. The molecule has 2 aliphatic rings. The van der Waals surface area contributed by atoms with Crippen LogP contribution in [0, 0.1) is 5.41 Å². The summed E-state index contributed by atoms with van der Waals surface area (Å²) in [5.74, 6) is -0.229. The van der Waals surface area contributed by atoms with Crippen molar-refractivity contribution in [1.82, 2.24) is 4.72 Å². The Bertz CT molecular complexity index is 521. The van der Waals surface area contributed by atoms with Crippen LogP contribution in [-0.4, -0.2) is 39.6 Å².